The van der Waals surface area contributed by atoms with Gasteiger partial charge in [-0.05, 0) is 24.1 Å². The highest BCUT2D eigenvalue weighted by Crippen LogP contribution is 2.40. The number of phenolic OH excluding ortho intramolecular Hbond substituents is 2. The first-order chi connectivity index (χ1) is 11.9. The van der Waals surface area contributed by atoms with E-state index in [1.807, 2.05) is 30.5 Å². The fraction of sp³-hybridized carbons (Fsp3) is 0.250. The Morgan fingerprint density at radius 1 is 1.16 bits per heavy atom. The number of fused-ring (bicyclic) bond motifs is 1. The van der Waals surface area contributed by atoms with E-state index >= 15 is 0 Å². The second kappa shape index (κ2) is 6.51. The predicted octanol–water partition coefficient (Wildman–Crippen LogP) is 4.15. The number of ether oxygens (including phenoxy) is 1. The summed E-state index contributed by atoms with van der Waals surface area (Å²) < 4.78 is 7.48. The maximum atomic E-state index is 11.6. The molecular formula is C20H21NO4. The zero-order valence-corrected chi connectivity index (χ0v) is 14.5. The summed E-state index contributed by atoms with van der Waals surface area (Å²) in [6.45, 7) is 5.81. The number of aromatic hydroxyl groups is 2. The van der Waals surface area contributed by atoms with Gasteiger partial charge in [-0.3, -0.25) is 4.79 Å². The molecule has 2 aromatic carbocycles. The quantitative estimate of drug-likeness (QED) is 0.701. The van der Waals surface area contributed by atoms with Crippen LogP contribution in [0.2, 0.25) is 0 Å². The number of aromatic nitrogens is 1. The zero-order chi connectivity index (χ0) is 18.1. The van der Waals surface area contributed by atoms with Gasteiger partial charge in [-0.2, -0.15) is 0 Å². The number of nitrogens with zero attached hydrogens (tertiary/aromatic N) is 1. The first kappa shape index (κ1) is 16.9. The summed E-state index contributed by atoms with van der Waals surface area (Å²) in [4.78, 5) is 11.6. The Kier molecular flexibility index (Phi) is 4.40. The lowest BCUT2D eigenvalue weighted by Gasteiger charge is -2.15. The lowest BCUT2D eigenvalue weighted by Crippen LogP contribution is -2.09. The molecule has 0 spiro atoms. The monoisotopic (exact) mass is 339 g/mol. The third kappa shape index (κ3) is 3.18. The zero-order valence-electron chi connectivity index (χ0n) is 14.5. The summed E-state index contributed by atoms with van der Waals surface area (Å²) in [5.74, 6) is 0.528. The minimum atomic E-state index is -0.392. The molecule has 1 aromatic heterocycles. The van der Waals surface area contributed by atoms with Crippen molar-refractivity contribution in [3.8, 4) is 17.2 Å². The van der Waals surface area contributed by atoms with E-state index < -0.39 is 5.97 Å². The van der Waals surface area contributed by atoms with Crippen LogP contribution in [0.25, 0.3) is 10.9 Å². The molecule has 0 amide bonds. The third-order valence-electron chi connectivity index (χ3n) is 4.15. The van der Waals surface area contributed by atoms with Gasteiger partial charge in [-0.1, -0.05) is 32.0 Å². The Bertz CT molecular complexity index is 940. The van der Waals surface area contributed by atoms with Gasteiger partial charge in [0.15, 0.2) is 5.75 Å². The van der Waals surface area contributed by atoms with Gasteiger partial charge in [0.2, 0.25) is 0 Å². The average molecular weight is 339 g/mol. The van der Waals surface area contributed by atoms with Crippen LogP contribution >= 0.6 is 0 Å². The normalized spacial score (nSPS) is 11.2. The molecule has 0 unspecified atom stereocenters. The number of phenols is 2. The molecule has 3 rings (SSSR count). The fourth-order valence-corrected chi connectivity index (χ4v) is 3.14. The van der Waals surface area contributed by atoms with Gasteiger partial charge in [0.25, 0.3) is 0 Å². The van der Waals surface area contributed by atoms with Crippen molar-refractivity contribution in [2.24, 2.45) is 0 Å². The molecule has 1 heterocycles. The summed E-state index contributed by atoms with van der Waals surface area (Å²) in [6, 6.07) is 12.1. The molecule has 5 nitrogen and oxygen atoms in total. The standard InChI is InChI=1S/C20H21NO4/c1-12(2)19-20(25-13(3)22)16-9-8-15(23)10-17(16)21(19)11-14-6-4-5-7-18(14)24/h4-10,12,23-24H,11H2,1-3H3. The highest BCUT2D eigenvalue weighted by molar-refractivity contribution is 5.92. The van der Waals surface area contributed by atoms with Crippen LogP contribution < -0.4 is 4.74 Å². The fourth-order valence-electron chi connectivity index (χ4n) is 3.14. The summed E-state index contributed by atoms with van der Waals surface area (Å²) in [5, 5.41) is 20.8. The second-order valence-corrected chi connectivity index (χ2v) is 6.38. The van der Waals surface area contributed by atoms with Gasteiger partial charge >= 0.3 is 5.97 Å². The summed E-state index contributed by atoms with van der Waals surface area (Å²) in [6.07, 6.45) is 0. The van der Waals surface area contributed by atoms with Crippen LogP contribution in [0, 0.1) is 0 Å². The smallest absolute Gasteiger partial charge is 0.308 e. The number of hydrogen-bond donors (Lipinski definition) is 2. The van der Waals surface area contributed by atoms with E-state index in [0.29, 0.717) is 12.3 Å². The van der Waals surface area contributed by atoms with Crippen molar-refractivity contribution in [3.05, 3.63) is 53.7 Å². The number of hydrogen-bond acceptors (Lipinski definition) is 4. The predicted molar refractivity (Wildman–Crippen MR) is 96.2 cm³/mol. The lowest BCUT2D eigenvalue weighted by molar-refractivity contribution is -0.131. The molecule has 0 bridgehead atoms. The van der Waals surface area contributed by atoms with Crippen molar-refractivity contribution in [2.75, 3.05) is 0 Å². The van der Waals surface area contributed by atoms with Crippen LogP contribution in [0.5, 0.6) is 17.2 Å². The molecule has 5 heteroatoms. The number of carbonyl (C=O) groups is 1. The number of para-hydroxylation sites is 1. The first-order valence-corrected chi connectivity index (χ1v) is 8.19. The maximum absolute atomic E-state index is 11.6. The van der Waals surface area contributed by atoms with Crippen LogP contribution in [0.3, 0.4) is 0 Å². The Hall–Kier alpha value is -2.95. The molecule has 0 fully saturated rings. The Morgan fingerprint density at radius 2 is 1.88 bits per heavy atom. The maximum Gasteiger partial charge on any atom is 0.308 e. The summed E-state index contributed by atoms with van der Waals surface area (Å²) >= 11 is 0. The van der Waals surface area contributed by atoms with Crippen molar-refractivity contribution < 1.29 is 19.7 Å². The minimum Gasteiger partial charge on any atom is -0.508 e. The second-order valence-electron chi connectivity index (χ2n) is 6.38. The van der Waals surface area contributed by atoms with E-state index in [1.54, 1.807) is 30.3 Å². The minimum absolute atomic E-state index is 0.0785. The topological polar surface area (TPSA) is 71.7 Å². The van der Waals surface area contributed by atoms with Crippen LogP contribution in [-0.2, 0) is 11.3 Å². The lowest BCUT2D eigenvalue weighted by atomic mass is 10.1. The molecule has 0 aliphatic rings. The molecule has 130 valence electrons. The molecule has 3 aromatic rings. The van der Waals surface area contributed by atoms with Crippen LogP contribution in [-0.4, -0.2) is 20.7 Å². The van der Waals surface area contributed by atoms with Gasteiger partial charge < -0.3 is 19.5 Å². The van der Waals surface area contributed by atoms with Crippen LogP contribution in [0.1, 0.15) is 37.9 Å². The van der Waals surface area contributed by atoms with Crippen molar-refractivity contribution in [3.63, 3.8) is 0 Å². The van der Waals surface area contributed by atoms with E-state index in [2.05, 4.69) is 0 Å². The molecule has 0 saturated heterocycles. The van der Waals surface area contributed by atoms with Crippen LogP contribution in [0.15, 0.2) is 42.5 Å². The van der Waals surface area contributed by atoms with Crippen molar-refractivity contribution in [1.82, 2.24) is 4.57 Å². The molecule has 0 aliphatic heterocycles. The van der Waals surface area contributed by atoms with Gasteiger partial charge in [-0.15, -0.1) is 0 Å². The number of carbonyl (C=O) groups excluding carboxylic acids is 1. The highest BCUT2D eigenvalue weighted by atomic mass is 16.5. The molecular weight excluding hydrogens is 318 g/mol. The molecule has 2 N–H and O–H groups in total. The first-order valence-electron chi connectivity index (χ1n) is 8.19. The Morgan fingerprint density at radius 3 is 2.52 bits per heavy atom. The van der Waals surface area contributed by atoms with Gasteiger partial charge in [0.05, 0.1) is 17.8 Å². The molecule has 0 atom stereocenters. The summed E-state index contributed by atoms with van der Waals surface area (Å²) in [5.41, 5.74) is 2.35. The van der Waals surface area contributed by atoms with E-state index in [-0.39, 0.29) is 17.4 Å². The van der Waals surface area contributed by atoms with Crippen molar-refractivity contribution in [1.29, 1.82) is 0 Å². The third-order valence-corrected chi connectivity index (χ3v) is 4.15. The van der Waals surface area contributed by atoms with Gasteiger partial charge in [-0.25, -0.2) is 0 Å². The Balaban J connectivity index is 2.28. The van der Waals surface area contributed by atoms with Crippen LogP contribution in [0.4, 0.5) is 0 Å². The summed E-state index contributed by atoms with van der Waals surface area (Å²) in [7, 11) is 0. The molecule has 25 heavy (non-hydrogen) atoms. The van der Waals surface area contributed by atoms with E-state index in [0.717, 1.165) is 22.2 Å². The van der Waals surface area contributed by atoms with Gasteiger partial charge in [0, 0.05) is 23.9 Å². The highest BCUT2D eigenvalue weighted by Gasteiger charge is 2.23. The Labute approximate surface area is 146 Å². The number of benzene rings is 2. The van der Waals surface area contributed by atoms with Crippen molar-refractivity contribution in [2.45, 2.75) is 33.2 Å². The number of rotatable bonds is 4. The molecule has 0 radical (unpaired) electrons. The largest absolute Gasteiger partial charge is 0.508 e. The van der Waals surface area contributed by atoms with Gasteiger partial charge in [0.1, 0.15) is 11.5 Å². The van der Waals surface area contributed by atoms with E-state index in [1.165, 1.54) is 6.92 Å². The van der Waals surface area contributed by atoms with E-state index in [4.69, 9.17) is 4.74 Å². The van der Waals surface area contributed by atoms with E-state index in [9.17, 15) is 15.0 Å². The number of esters is 1. The van der Waals surface area contributed by atoms with Crippen molar-refractivity contribution >= 4 is 16.9 Å². The molecule has 0 saturated carbocycles. The molecule has 0 aliphatic carbocycles. The SMILES string of the molecule is CC(=O)Oc1c(C(C)C)n(Cc2ccccc2O)c2cc(O)ccc12. The average Bonchev–Trinajstić information content (AvgIpc) is 2.82.